The van der Waals surface area contributed by atoms with Crippen molar-refractivity contribution >= 4 is 29.5 Å². The largest absolute Gasteiger partial charge is 0.298 e. The van der Waals surface area contributed by atoms with Crippen molar-refractivity contribution in [2.45, 2.75) is 0 Å². The van der Waals surface area contributed by atoms with Crippen LogP contribution in [0.2, 0.25) is 5.02 Å². The summed E-state index contributed by atoms with van der Waals surface area (Å²) in [5.74, 6) is -0.659. The van der Waals surface area contributed by atoms with Gasteiger partial charge in [-0.1, -0.05) is 35.9 Å². The van der Waals surface area contributed by atoms with E-state index in [2.05, 4.69) is 0 Å². The van der Waals surface area contributed by atoms with Crippen LogP contribution >= 0.6 is 11.6 Å². The van der Waals surface area contributed by atoms with Crippen molar-refractivity contribution in [3.63, 3.8) is 0 Å². The molecule has 0 heterocycles. The number of carbonyl (C=O) groups is 3. The standard InChI is InChI=1S/C15H7ClO3/c16-11-6-5-8(7-17)12-13(11)15(19)10-4-2-1-3-9(10)14(12)18/h1-7H. The molecule has 2 aromatic rings. The first kappa shape index (κ1) is 11.8. The van der Waals surface area contributed by atoms with Gasteiger partial charge in [0, 0.05) is 22.3 Å². The summed E-state index contributed by atoms with van der Waals surface area (Å²) in [6, 6.07) is 9.44. The van der Waals surface area contributed by atoms with Crippen molar-refractivity contribution in [2.75, 3.05) is 0 Å². The summed E-state index contributed by atoms with van der Waals surface area (Å²) in [6.07, 6.45) is 0.564. The molecule has 3 rings (SSSR count). The van der Waals surface area contributed by atoms with E-state index in [1.54, 1.807) is 24.3 Å². The molecular weight excluding hydrogens is 264 g/mol. The highest BCUT2D eigenvalue weighted by atomic mass is 35.5. The molecule has 0 saturated carbocycles. The average molecular weight is 271 g/mol. The van der Waals surface area contributed by atoms with Gasteiger partial charge in [-0.15, -0.1) is 0 Å². The van der Waals surface area contributed by atoms with E-state index in [1.165, 1.54) is 12.1 Å². The normalized spacial score (nSPS) is 12.9. The van der Waals surface area contributed by atoms with Crippen LogP contribution in [0.3, 0.4) is 0 Å². The molecule has 4 heteroatoms. The molecule has 0 aromatic heterocycles. The van der Waals surface area contributed by atoms with Crippen molar-refractivity contribution in [1.29, 1.82) is 0 Å². The van der Waals surface area contributed by atoms with E-state index in [0.717, 1.165) is 0 Å². The maximum absolute atomic E-state index is 12.4. The van der Waals surface area contributed by atoms with Crippen LogP contribution in [0.15, 0.2) is 36.4 Å². The zero-order chi connectivity index (χ0) is 13.6. The Morgan fingerprint density at radius 3 is 2.00 bits per heavy atom. The first-order valence-electron chi connectivity index (χ1n) is 5.61. The Hall–Kier alpha value is -2.26. The van der Waals surface area contributed by atoms with Crippen LogP contribution in [0.25, 0.3) is 0 Å². The first-order chi connectivity index (χ1) is 9.15. The summed E-state index contributed by atoms with van der Waals surface area (Å²) in [7, 11) is 0. The maximum atomic E-state index is 12.4. The summed E-state index contributed by atoms with van der Waals surface area (Å²) in [6.45, 7) is 0. The minimum atomic E-state index is -0.338. The fraction of sp³-hybridized carbons (Fsp3) is 0. The topological polar surface area (TPSA) is 51.2 Å². The number of rotatable bonds is 1. The minimum absolute atomic E-state index is 0.103. The van der Waals surface area contributed by atoms with E-state index in [-0.39, 0.29) is 33.3 Å². The average Bonchev–Trinajstić information content (AvgIpc) is 2.44. The van der Waals surface area contributed by atoms with Gasteiger partial charge < -0.3 is 0 Å². The zero-order valence-corrected chi connectivity index (χ0v) is 10.4. The molecular formula is C15H7ClO3. The van der Waals surface area contributed by atoms with E-state index in [0.29, 0.717) is 17.4 Å². The van der Waals surface area contributed by atoms with Crippen LogP contribution < -0.4 is 0 Å². The van der Waals surface area contributed by atoms with Gasteiger partial charge in [0.05, 0.1) is 10.6 Å². The van der Waals surface area contributed by atoms with Gasteiger partial charge in [0.2, 0.25) is 0 Å². The zero-order valence-electron chi connectivity index (χ0n) is 9.64. The Balaban J connectivity index is 2.42. The Kier molecular flexibility index (Phi) is 2.57. The molecule has 92 valence electrons. The molecule has 0 aliphatic heterocycles. The molecule has 0 radical (unpaired) electrons. The number of ketones is 2. The van der Waals surface area contributed by atoms with E-state index in [4.69, 9.17) is 11.6 Å². The molecule has 19 heavy (non-hydrogen) atoms. The van der Waals surface area contributed by atoms with Gasteiger partial charge in [-0.2, -0.15) is 0 Å². The van der Waals surface area contributed by atoms with Crippen molar-refractivity contribution in [3.05, 3.63) is 69.2 Å². The van der Waals surface area contributed by atoms with E-state index >= 15 is 0 Å². The van der Waals surface area contributed by atoms with Gasteiger partial charge in [0.15, 0.2) is 17.9 Å². The molecule has 2 aromatic carbocycles. The van der Waals surface area contributed by atoms with Gasteiger partial charge in [0.1, 0.15) is 0 Å². The van der Waals surface area contributed by atoms with Crippen LogP contribution in [0.1, 0.15) is 42.2 Å². The third kappa shape index (κ3) is 1.55. The van der Waals surface area contributed by atoms with Crippen LogP contribution in [0.4, 0.5) is 0 Å². The highest BCUT2D eigenvalue weighted by molar-refractivity contribution is 6.39. The second-order valence-electron chi connectivity index (χ2n) is 4.21. The van der Waals surface area contributed by atoms with E-state index in [1.807, 2.05) is 0 Å². The SMILES string of the molecule is O=Cc1ccc(Cl)c2c1C(=O)c1ccccc1C2=O. The van der Waals surface area contributed by atoms with Crippen LogP contribution in [-0.4, -0.2) is 17.9 Å². The molecule has 1 aliphatic carbocycles. The molecule has 0 saturated heterocycles. The quantitative estimate of drug-likeness (QED) is 0.639. The Bertz CT molecular complexity index is 747. The number of aldehydes is 1. The number of hydrogen-bond donors (Lipinski definition) is 0. The third-order valence-corrected chi connectivity index (χ3v) is 3.50. The molecule has 1 aliphatic rings. The number of halogens is 1. The molecule has 0 amide bonds. The lowest BCUT2D eigenvalue weighted by molar-refractivity contribution is 0.0976. The van der Waals surface area contributed by atoms with Gasteiger partial charge in [-0.05, 0) is 12.1 Å². The number of fused-ring (bicyclic) bond motifs is 2. The molecule has 0 N–H and O–H groups in total. The Labute approximate surface area is 113 Å². The fourth-order valence-corrected chi connectivity index (χ4v) is 2.55. The van der Waals surface area contributed by atoms with Crippen LogP contribution in [0, 0.1) is 0 Å². The molecule has 0 unspecified atom stereocenters. The van der Waals surface area contributed by atoms with Gasteiger partial charge >= 0.3 is 0 Å². The maximum Gasteiger partial charge on any atom is 0.196 e. The monoisotopic (exact) mass is 270 g/mol. The lowest BCUT2D eigenvalue weighted by atomic mass is 9.82. The Morgan fingerprint density at radius 1 is 0.842 bits per heavy atom. The van der Waals surface area contributed by atoms with Gasteiger partial charge in [-0.3, -0.25) is 14.4 Å². The molecule has 0 atom stereocenters. The predicted octanol–water partition coefficient (Wildman–Crippen LogP) is 2.93. The second-order valence-corrected chi connectivity index (χ2v) is 4.62. The summed E-state index contributed by atoms with van der Waals surface area (Å²) >= 11 is 6.01. The number of carbonyl (C=O) groups excluding carboxylic acids is 3. The second kappa shape index (κ2) is 4.14. The van der Waals surface area contributed by atoms with E-state index in [9.17, 15) is 14.4 Å². The minimum Gasteiger partial charge on any atom is -0.298 e. The van der Waals surface area contributed by atoms with Crippen LogP contribution in [0.5, 0.6) is 0 Å². The fourth-order valence-electron chi connectivity index (χ4n) is 2.31. The first-order valence-corrected chi connectivity index (χ1v) is 5.99. The smallest absolute Gasteiger partial charge is 0.196 e. The molecule has 3 nitrogen and oxygen atoms in total. The van der Waals surface area contributed by atoms with Crippen molar-refractivity contribution in [2.24, 2.45) is 0 Å². The Morgan fingerprint density at radius 2 is 1.42 bits per heavy atom. The van der Waals surface area contributed by atoms with Crippen LogP contribution in [-0.2, 0) is 0 Å². The third-order valence-electron chi connectivity index (χ3n) is 3.18. The highest BCUT2D eigenvalue weighted by Crippen LogP contribution is 2.33. The summed E-state index contributed by atoms with van der Waals surface area (Å²) < 4.78 is 0. The van der Waals surface area contributed by atoms with Gasteiger partial charge in [-0.25, -0.2) is 0 Å². The summed E-state index contributed by atoms with van der Waals surface area (Å²) in [5.41, 5.74) is 1.05. The molecule has 0 fully saturated rings. The van der Waals surface area contributed by atoms with Gasteiger partial charge in [0.25, 0.3) is 0 Å². The predicted molar refractivity (Wildman–Crippen MR) is 70.1 cm³/mol. The van der Waals surface area contributed by atoms with Crippen molar-refractivity contribution < 1.29 is 14.4 Å². The lowest BCUT2D eigenvalue weighted by Gasteiger charge is -2.19. The summed E-state index contributed by atoms with van der Waals surface area (Å²) in [5, 5.41) is 0.188. The summed E-state index contributed by atoms with van der Waals surface area (Å²) in [4.78, 5) is 35.9. The molecule has 0 bridgehead atoms. The highest BCUT2D eigenvalue weighted by Gasteiger charge is 2.33. The number of benzene rings is 2. The van der Waals surface area contributed by atoms with Crippen molar-refractivity contribution in [3.8, 4) is 0 Å². The number of hydrogen-bond acceptors (Lipinski definition) is 3. The van der Waals surface area contributed by atoms with E-state index < -0.39 is 0 Å². The molecule has 0 spiro atoms. The lowest BCUT2D eigenvalue weighted by Crippen LogP contribution is -2.22. The van der Waals surface area contributed by atoms with Crippen molar-refractivity contribution in [1.82, 2.24) is 0 Å².